The Labute approximate surface area is 130 Å². The third-order valence-electron chi connectivity index (χ3n) is 6.10. The van der Waals surface area contributed by atoms with Gasteiger partial charge in [-0.05, 0) is 60.4 Å². The summed E-state index contributed by atoms with van der Waals surface area (Å²) in [6.45, 7) is 5.16. The second-order valence-corrected chi connectivity index (χ2v) is 12.7. The van der Waals surface area contributed by atoms with Gasteiger partial charge in [0.1, 0.15) is 0 Å². The molecule has 2 saturated carbocycles. The van der Waals surface area contributed by atoms with Crippen molar-refractivity contribution in [1.82, 2.24) is 0 Å². The average molecular weight is 292 g/mol. The summed E-state index contributed by atoms with van der Waals surface area (Å²) < 4.78 is 0. The van der Waals surface area contributed by atoms with E-state index in [4.69, 9.17) is 0 Å². The second-order valence-electron chi connectivity index (χ2n) is 7.65. The predicted molar refractivity (Wildman–Crippen MR) is 91.2 cm³/mol. The molecule has 0 nitrogen and oxygen atoms in total. The first kappa shape index (κ1) is 13.8. The van der Waals surface area contributed by atoms with E-state index in [1.165, 1.54) is 12.8 Å². The summed E-state index contributed by atoms with van der Waals surface area (Å²) in [6.07, 6.45) is 28.9. The zero-order valence-corrected chi connectivity index (χ0v) is 14.0. The van der Waals surface area contributed by atoms with E-state index in [0.717, 1.165) is 22.9 Å². The summed E-state index contributed by atoms with van der Waals surface area (Å²) in [4.78, 5) is 0. The summed E-state index contributed by atoms with van der Waals surface area (Å²) >= 11 is 0. The van der Waals surface area contributed by atoms with Gasteiger partial charge in [-0.2, -0.15) is 0 Å². The second kappa shape index (κ2) is 5.12. The summed E-state index contributed by atoms with van der Waals surface area (Å²) in [5, 5.41) is 0. The maximum atomic E-state index is 3.94. The van der Waals surface area contributed by atoms with Crippen LogP contribution in [0.4, 0.5) is 0 Å². The van der Waals surface area contributed by atoms with E-state index in [1.54, 1.807) is 0 Å². The number of allylic oxidation sites excluding steroid dienone is 8. The van der Waals surface area contributed by atoms with Crippen LogP contribution in [-0.2, 0) is 0 Å². The zero-order chi connectivity index (χ0) is 14.4. The lowest BCUT2D eigenvalue weighted by Crippen LogP contribution is -2.37. The highest BCUT2D eigenvalue weighted by atomic mass is 28.3. The largest absolute Gasteiger partial charge is 0.0808 e. The molecule has 0 bridgehead atoms. The fourth-order valence-corrected chi connectivity index (χ4v) is 8.03. The minimum absolute atomic E-state index is 0.579. The molecule has 0 aliphatic heterocycles. The Morgan fingerprint density at radius 2 is 1.14 bits per heavy atom. The first-order valence-electron chi connectivity index (χ1n) is 8.37. The van der Waals surface area contributed by atoms with Crippen LogP contribution in [0.1, 0.15) is 12.8 Å². The van der Waals surface area contributed by atoms with Gasteiger partial charge in [-0.1, -0.05) is 61.7 Å². The van der Waals surface area contributed by atoms with Crippen molar-refractivity contribution in [2.24, 2.45) is 23.7 Å². The molecule has 0 aromatic rings. The van der Waals surface area contributed by atoms with Crippen LogP contribution < -0.4 is 0 Å². The predicted octanol–water partition coefficient (Wildman–Crippen LogP) is 5.12. The number of fused-ring (bicyclic) bond motifs is 2. The molecule has 21 heavy (non-hydrogen) atoms. The minimum atomic E-state index is -1.37. The highest BCUT2D eigenvalue weighted by molar-refractivity contribution is 6.81. The van der Waals surface area contributed by atoms with Crippen LogP contribution in [0, 0.1) is 36.5 Å². The molecule has 1 heteroatoms. The van der Waals surface area contributed by atoms with Crippen molar-refractivity contribution >= 4 is 8.07 Å². The van der Waals surface area contributed by atoms with Crippen LogP contribution in [-0.4, -0.2) is 8.07 Å². The Morgan fingerprint density at radius 1 is 0.714 bits per heavy atom. The standard InChI is InChI=1S/C20H24Si/c1-21(2,19-11-15-7-3-4-8-16(15)12-19)20-13-17-9-5-6-10-18(17)14-20/h3-10,15-20H,11,13H2,1-2H3. The Bertz CT molecular complexity index is 436. The van der Waals surface area contributed by atoms with Crippen molar-refractivity contribution < 1.29 is 0 Å². The van der Waals surface area contributed by atoms with E-state index in [-0.39, 0.29) is 0 Å². The van der Waals surface area contributed by atoms with Crippen molar-refractivity contribution in [3.05, 3.63) is 61.4 Å². The summed E-state index contributed by atoms with van der Waals surface area (Å²) in [5.41, 5.74) is 1.45. The van der Waals surface area contributed by atoms with Gasteiger partial charge in [-0.3, -0.25) is 0 Å². The Morgan fingerprint density at radius 3 is 1.57 bits per heavy atom. The SMILES string of the molecule is C[Si](C)(C1[C]C2C=CC=CC2C1)C1[C]C2C=CC=CC2C1. The van der Waals surface area contributed by atoms with Gasteiger partial charge >= 0.3 is 0 Å². The zero-order valence-electron chi connectivity index (χ0n) is 13.0. The third-order valence-corrected chi connectivity index (χ3v) is 10.5. The molecular formula is C20H24Si. The molecule has 0 heterocycles. The molecule has 0 aromatic heterocycles. The highest BCUT2D eigenvalue weighted by Crippen LogP contribution is 2.55. The minimum Gasteiger partial charge on any atom is -0.0808 e. The fourth-order valence-electron chi connectivity index (χ4n) is 4.54. The maximum Gasteiger partial charge on any atom is 0.0548 e. The number of hydrogen-bond donors (Lipinski definition) is 0. The molecule has 4 aliphatic rings. The lowest BCUT2D eigenvalue weighted by molar-refractivity contribution is 0.581. The van der Waals surface area contributed by atoms with Crippen LogP contribution in [0.3, 0.4) is 0 Å². The fraction of sp³-hybridized carbons (Fsp3) is 0.500. The van der Waals surface area contributed by atoms with Crippen LogP contribution in [0.25, 0.3) is 0 Å². The molecule has 4 radical (unpaired) electrons. The van der Waals surface area contributed by atoms with E-state index in [1.807, 2.05) is 0 Å². The Balaban J connectivity index is 1.49. The van der Waals surface area contributed by atoms with Crippen LogP contribution >= 0.6 is 0 Å². The molecule has 108 valence electrons. The molecule has 4 aliphatic carbocycles. The summed E-state index contributed by atoms with van der Waals surface area (Å²) in [5.74, 6) is 2.59. The molecule has 2 fully saturated rings. The molecule has 0 N–H and O–H groups in total. The van der Waals surface area contributed by atoms with Crippen molar-refractivity contribution in [3.63, 3.8) is 0 Å². The van der Waals surface area contributed by atoms with Crippen LogP contribution in [0.15, 0.2) is 48.6 Å². The van der Waals surface area contributed by atoms with Gasteiger partial charge in [0.2, 0.25) is 0 Å². The topological polar surface area (TPSA) is 0 Å². The van der Waals surface area contributed by atoms with Gasteiger partial charge < -0.3 is 0 Å². The first-order chi connectivity index (χ1) is 10.1. The molecule has 0 spiro atoms. The van der Waals surface area contributed by atoms with E-state index in [2.05, 4.69) is 74.5 Å². The molecule has 6 unspecified atom stereocenters. The quantitative estimate of drug-likeness (QED) is 0.620. The smallest absolute Gasteiger partial charge is 0.0548 e. The first-order valence-corrected chi connectivity index (χ1v) is 11.5. The van der Waals surface area contributed by atoms with E-state index in [0.29, 0.717) is 11.8 Å². The molecule has 0 aromatic carbocycles. The Kier molecular flexibility index (Phi) is 3.37. The molecule has 4 rings (SSSR count). The lowest BCUT2D eigenvalue weighted by Gasteiger charge is -2.35. The van der Waals surface area contributed by atoms with Gasteiger partial charge in [0.15, 0.2) is 0 Å². The number of hydrogen-bond acceptors (Lipinski definition) is 0. The van der Waals surface area contributed by atoms with Gasteiger partial charge in [0, 0.05) is 0 Å². The van der Waals surface area contributed by atoms with E-state index < -0.39 is 8.07 Å². The summed E-state index contributed by atoms with van der Waals surface area (Å²) in [7, 11) is -1.37. The lowest BCUT2D eigenvalue weighted by atomic mass is 9.92. The van der Waals surface area contributed by atoms with Crippen LogP contribution in [0.2, 0.25) is 24.2 Å². The van der Waals surface area contributed by atoms with Crippen molar-refractivity contribution in [3.8, 4) is 0 Å². The number of rotatable bonds is 2. The monoisotopic (exact) mass is 292 g/mol. The maximum absolute atomic E-state index is 3.94. The van der Waals surface area contributed by atoms with E-state index in [9.17, 15) is 0 Å². The van der Waals surface area contributed by atoms with Crippen molar-refractivity contribution in [1.29, 1.82) is 0 Å². The van der Waals surface area contributed by atoms with Gasteiger partial charge in [-0.15, -0.1) is 0 Å². The van der Waals surface area contributed by atoms with Crippen molar-refractivity contribution in [2.45, 2.75) is 37.0 Å². The van der Waals surface area contributed by atoms with Gasteiger partial charge in [0.25, 0.3) is 0 Å². The van der Waals surface area contributed by atoms with Gasteiger partial charge in [-0.25, -0.2) is 0 Å². The Hall–Kier alpha value is -0.823. The normalized spacial score (nSPS) is 44.1. The average Bonchev–Trinajstić information content (AvgIpc) is 3.11. The molecular weight excluding hydrogens is 268 g/mol. The summed E-state index contributed by atoms with van der Waals surface area (Å²) in [6, 6.07) is 0. The van der Waals surface area contributed by atoms with E-state index >= 15 is 0 Å². The third kappa shape index (κ3) is 2.34. The molecule has 0 amide bonds. The van der Waals surface area contributed by atoms with Gasteiger partial charge in [0.05, 0.1) is 8.07 Å². The highest BCUT2D eigenvalue weighted by Gasteiger charge is 2.49. The molecule has 0 saturated heterocycles. The van der Waals surface area contributed by atoms with Crippen LogP contribution in [0.5, 0.6) is 0 Å². The molecule has 6 atom stereocenters. The van der Waals surface area contributed by atoms with Crippen molar-refractivity contribution in [2.75, 3.05) is 0 Å².